The number of carboxylic acids is 1. The fraction of sp³-hybridized carbons (Fsp3) is 0.231. The Morgan fingerprint density at radius 2 is 1.68 bits per heavy atom. The van der Waals surface area contributed by atoms with Gasteiger partial charge in [0.05, 0.1) is 11.0 Å². The van der Waals surface area contributed by atoms with E-state index < -0.39 is 23.1 Å². The summed E-state index contributed by atoms with van der Waals surface area (Å²) in [5.41, 5.74) is 3.81. The quantitative estimate of drug-likeness (QED) is 0.246. The fourth-order valence-electron chi connectivity index (χ4n) is 3.18. The Balaban J connectivity index is 0.000000479. The maximum Gasteiger partial charge on any atom is 0.490 e. The second-order valence-corrected chi connectivity index (χ2v) is 9.69. The molecule has 3 aromatic carbocycles. The Hall–Kier alpha value is -3.86. The zero-order valence-electron chi connectivity index (χ0n) is 20.1. The van der Waals surface area contributed by atoms with E-state index in [1.165, 1.54) is 0 Å². The third-order valence-electron chi connectivity index (χ3n) is 4.76. The molecule has 0 aliphatic rings. The number of para-hydroxylation sites is 1. The van der Waals surface area contributed by atoms with E-state index in [-0.39, 0.29) is 0 Å². The number of imidazole rings is 1. The molecular weight excluding hydrogens is 507 g/mol. The lowest BCUT2D eigenvalue weighted by molar-refractivity contribution is -0.192. The molecule has 0 saturated carbocycles. The van der Waals surface area contributed by atoms with Gasteiger partial charge in [-0.1, -0.05) is 44.2 Å². The lowest BCUT2D eigenvalue weighted by Gasteiger charge is -2.07. The Kier molecular flexibility index (Phi) is 9.29. The molecule has 1 heterocycles. The zero-order chi connectivity index (χ0) is 27.0. The summed E-state index contributed by atoms with van der Waals surface area (Å²) in [7, 11) is -1.08. The smallest absolute Gasteiger partial charge is 0.475 e. The topological polar surface area (TPSA) is 104 Å². The largest absolute Gasteiger partial charge is 0.490 e. The summed E-state index contributed by atoms with van der Waals surface area (Å²) in [6, 6.07) is 23.6. The molecule has 4 rings (SSSR count). The van der Waals surface area contributed by atoms with Gasteiger partial charge in [0.15, 0.2) is 0 Å². The van der Waals surface area contributed by atoms with Gasteiger partial charge in [-0.2, -0.15) is 13.2 Å². The highest BCUT2D eigenvalue weighted by molar-refractivity contribution is 7.86. The highest BCUT2D eigenvalue weighted by Gasteiger charge is 2.38. The van der Waals surface area contributed by atoms with Gasteiger partial charge >= 0.3 is 12.1 Å². The summed E-state index contributed by atoms with van der Waals surface area (Å²) < 4.78 is 52.8. The summed E-state index contributed by atoms with van der Waals surface area (Å²) >= 11 is 0. The van der Waals surface area contributed by atoms with E-state index in [9.17, 15) is 17.4 Å². The first-order valence-electron chi connectivity index (χ1n) is 11.2. The average Bonchev–Trinajstić information content (AvgIpc) is 3.22. The van der Waals surface area contributed by atoms with Gasteiger partial charge in [0, 0.05) is 17.9 Å². The van der Waals surface area contributed by atoms with Crippen LogP contribution >= 0.6 is 0 Å². The summed E-state index contributed by atoms with van der Waals surface area (Å²) in [6.45, 7) is 4.12. The molecule has 4 aromatic rings. The van der Waals surface area contributed by atoms with E-state index in [1.807, 2.05) is 72.8 Å². The van der Waals surface area contributed by atoms with Crippen LogP contribution in [0.25, 0.3) is 11.0 Å². The van der Waals surface area contributed by atoms with Crippen LogP contribution in [0.2, 0.25) is 0 Å². The molecular formula is C26H26F3N3O4S. The lowest BCUT2D eigenvalue weighted by Crippen LogP contribution is -2.21. The SMILES string of the molecule is CC(C)CS(=O)Nc1ccc2nc(Cc3ccc(Oc4ccccc4)cc3)[nH]c2c1.O=C(O)C(F)(F)F. The second kappa shape index (κ2) is 12.4. The molecule has 0 amide bonds. The van der Waals surface area contributed by atoms with Crippen molar-refractivity contribution in [3.8, 4) is 11.5 Å². The molecule has 1 unspecified atom stereocenters. The highest BCUT2D eigenvalue weighted by atomic mass is 32.2. The van der Waals surface area contributed by atoms with Crippen molar-refractivity contribution in [2.75, 3.05) is 10.5 Å². The number of anilines is 1. The number of nitrogens with zero attached hydrogens (tertiary/aromatic N) is 1. The van der Waals surface area contributed by atoms with E-state index >= 15 is 0 Å². The summed E-state index contributed by atoms with van der Waals surface area (Å²) in [6.07, 6.45) is -4.39. The van der Waals surface area contributed by atoms with Gasteiger partial charge in [-0.3, -0.25) is 0 Å². The van der Waals surface area contributed by atoms with E-state index in [2.05, 4.69) is 28.5 Å². The van der Waals surface area contributed by atoms with Gasteiger partial charge in [0.25, 0.3) is 0 Å². The van der Waals surface area contributed by atoms with Crippen molar-refractivity contribution in [3.05, 3.63) is 84.2 Å². The maximum atomic E-state index is 12.1. The van der Waals surface area contributed by atoms with Crippen LogP contribution in [0.4, 0.5) is 18.9 Å². The number of H-pyrrole nitrogens is 1. The number of hydrogen-bond acceptors (Lipinski definition) is 4. The van der Waals surface area contributed by atoms with Gasteiger partial charge in [-0.15, -0.1) is 0 Å². The van der Waals surface area contributed by atoms with Crippen LogP contribution in [-0.2, 0) is 22.2 Å². The third-order valence-corrected chi connectivity index (χ3v) is 6.20. The minimum absolute atomic E-state index is 0.380. The predicted octanol–water partition coefficient (Wildman–Crippen LogP) is 6.31. The number of alkyl halides is 3. The second-order valence-electron chi connectivity index (χ2n) is 8.46. The molecule has 37 heavy (non-hydrogen) atoms. The molecule has 0 saturated heterocycles. The number of carbonyl (C=O) groups is 1. The monoisotopic (exact) mass is 533 g/mol. The van der Waals surface area contributed by atoms with Gasteiger partial charge in [0.1, 0.15) is 28.3 Å². The van der Waals surface area contributed by atoms with Gasteiger partial charge in [0.2, 0.25) is 0 Å². The number of hydrogen-bond donors (Lipinski definition) is 3. The van der Waals surface area contributed by atoms with Crippen molar-refractivity contribution in [3.63, 3.8) is 0 Å². The van der Waals surface area contributed by atoms with E-state index in [1.54, 1.807) is 0 Å². The minimum Gasteiger partial charge on any atom is -0.475 e. The summed E-state index contributed by atoms with van der Waals surface area (Å²) in [5.74, 6) is 0.761. The Bertz CT molecular complexity index is 1340. The molecule has 0 aliphatic heterocycles. The van der Waals surface area contributed by atoms with Crippen LogP contribution < -0.4 is 9.46 Å². The molecule has 0 spiro atoms. The number of aromatic amines is 1. The first-order valence-corrected chi connectivity index (χ1v) is 12.6. The van der Waals surface area contributed by atoms with Crippen LogP contribution in [0.15, 0.2) is 72.8 Å². The number of fused-ring (bicyclic) bond motifs is 1. The molecule has 196 valence electrons. The number of aliphatic carboxylic acids is 1. The maximum absolute atomic E-state index is 12.1. The third kappa shape index (κ3) is 8.94. The lowest BCUT2D eigenvalue weighted by atomic mass is 10.1. The van der Waals surface area contributed by atoms with E-state index in [4.69, 9.17) is 14.6 Å². The van der Waals surface area contributed by atoms with Crippen molar-refractivity contribution in [2.45, 2.75) is 26.4 Å². The van der Waals surface area contributed by atoms with Crippen molar-refractivity contribution in [2.24, 2.45) is 5.92 Å². The van der Waals surface area contributed by atoms with Crippen LogP contribution in [0.1, 0.15) is 25.2 Å². The molecule has 0 aliphatic carbocycles. The van der Waals surface area contributed by atoms with Crippen LogP contribution in [0, 0.1) is 5.92 Å². The standard InChI is InChI=1S/C24H25N3O2S.C2HF3O2/c1-17(2)16-30(28)27-19-10-13-22-23(15-19)26-24(25-22)14-18-8-11-21(12-9-18)29-20-6-4-3-5-7-20;3-2(4,5)1(6)7/h3-13,15,17,27H,14,16H2,1-2H3,(H,25,26);(H,6,7). The first kappa shape index (κ1) is 27.7. The van der Waals surface area contributed by atoms with Crippen LogP contribution in [0.3, 0.4) is 0 Å². The zero-order valence-corrected chi connectivity index (χ0v) is 20.9. The molecule has 7 nitrogen and oxygen atoms in total. The van der Waals surface area contributed by atoms with Crippen molar-refractivity contribution in [1.82, 2.24) is 9.97 Å². The first-order chi connectivity index (χ1) is 17.5. The van der Waals surface area contributed by atoms with Crippen LogP contribution in [-0.4, -0.2) is 37.2 Å². The molecule has 1 atom stereocenters. The average molecular weight is 534 g/mol. The number of rotatable bonds is 8. The van der Waals surface area contributed by atoms with Crippen LogP contribution in [0.5, 0.6) is 11.5 Å². The van der Waals surface area contributed by atoms with Crippen molar-refractivity contribution in [1.29, 1.82) is 0 Å². The number of nitrogens with one attached hydrogen (secondary N) is 2. The Labute approximate surface area is 214 Å². The number of carboxylic acid groups (broad SMARTS) is 1. The predicted molar refractivity (Wildman–Crippen MR) is 137 cm³/mol. The van der Waals surface area contributed by atoms with Gasteiger partial charge in [-0.05, 0) is 53.9 Å². The van der Waals surface area contributed by atoms with Crippen molar-refractivity contribution < 1.29 is 32.0 Å². The Morgan fingerprint density at radius 3 is 2.27 bits per heavy atom. The molecule has 0 fully saturated rings. The van der Waals surface area contributed by atoms with E-state index in [0.29, 0.717) is 18.1 Å². The highest BCUT2D eigenvalue weighted by Crippen LogP contribution is 2.23. The number of ether oxygens (including phenoxy) is 1. The number of benzene rings is 3. The number of halogens is 3. The minimum atomic E-state index is -5.08. The van der Waals surface area contributed by atoms with Gasteiger partial charge in [-0.25, -0.2) is 14.0 Å². The normalized spacial score (nSPS) is 12.1. The molecule has 11 heteroatoms. The Morgan fingerprint density at radius 1 is 1.05 bits per heavy atom. The summed E-state index contributed by atoms with van der Waals surface area (Å²) in [4.78, 5) is 16.9. The number of aromatic nitrogens is 2. The van der Waals surface area contributed by atoms with Gasteiger partial charge < -0.3 is 19.5 Å². The molecule has 0 bridgehead atoms. The summed E-state index contributed by atoms with van der Waals surface area (Å²) in [5, 5.41) is 7.12. The molecule has 3 N–H and O–H groups in total. The fourth-order valence-corrected chi connectivity index (χ4v) is 4.26. The molecule has 1 aromatic heterocycles. The van der Waals surface area contributed by atoms with E-state index in [0.717, 1.165) is 39.6 Å². The molecule has 0 radical (unpaired) electrons. The van der Waals surface area contributed by atoms with Crippen molar-refractivity contribution >= 4 is 33.7 Å².